The Morgan fingerprint density at radius 3 is 0.900 bits per heavy atom. The first-order chi connectivity index (χ1) is 4.21. The standard InChI is InChI=1S/C2.6CH3.2Sn/c1-2;;;;;;;;/h;6*1H3;;. The molecule has 0 rings (SSSR count). The third-order valence-corrected chi connectivity index (χ3v) is 7.84. The Labute approximate surface area is 73.5 Å². The van der Waals surface area contributed by atoms with Crippen LogP contribution in [0.2, 0.25) is 29.6 Å². The molecule has 0 N–H and O–H groups in total. The van der Waals surface area contributed by atoms with Gasteiger partial charge in [0.25, 0.3) is 0 Å². The summed E-state index contributed by atoms with van der Waals surface area (Å²) in [5.41, 5.74) is 0. The molecule has 0 nitrogen and oxygen atoms in total. The molecule has 0 spiro atoms. The van der Waals surface area contributed by atoms with Crippen molar-refractivity contribution in [2.45, 2.75) is 29.6 Å². The molecule has 0 bridgehead atoms. The number of rotatable bonds is 0. The van der Waals surface area contributed by atoms with E-state index < -0.39 is 36.8 Å². The van der Waals surface area contributed by atoms with Gasteiger partial charge in [-0.15, -0.1) is 0 Å². The second kappa shape index (κ2) is 3.71. The summed E-state index contributed by atoms with van der Waals surface area (Å²) in [5.74, 6) is 0. The van der Waals surface area contributed by atoms with Crippen LogP contribution in [0, 0.1) is 7.87 Å². The van der Waals surface area contributed by atoms with Gasteiger partial charge in [-0.1, -0.05) is 0 Å². The maximum absolute atomic E-state index is 3.52. The molecule has 0 aliphatic rings. The summed E-state index contributed by atoms with van der Waals surface area (Å²) in [7, 11) is 0. The summed E-state index contributed by atoms with van der Waals surface area (Å²) >= 11 is -3.46. The normalized spacial score (nSPS) is 12.2. The van der Waals surface area contributed by atoms with Crippen LogP contribution < -0.4 is 0 Å². The minimum atomic E-state index is -1.73. The monoisotopic (exact) mass is 354 g/mol. The van der Waals surface area contributed by atoms with Gasteiger partial charge in [-0.05, 0) is 0 Å². The zero-order valence-electron chi connectivity index (χ0n) is 8.00. The molecule has 0 aromatic carbocycles. The van der Waals surface area contributed by atoms with Crippen molar-refractivity contribution in [3.05, 3.63) is 0 Å². The first-order valence-electron chi connectivity index (χ1n) is 3.75. The molecule has 0 aliphatic carbocycles. The zero-order valence-corrected chi connectivity index (χ0v) is 13.7. The second-order valence-corrected chi connectivity index (χ2v) is 31.9. The maximum atomic E-state index is 3.52. The van der Waals surface area contributed by atoms with E-state index >= 15 is 0 Å². The fraction of sp³-hybridized carbons (Fsp3) is 0.750. The van der Waals surface area contributed by atoms with Crippen molar-refractivity contribution in [1.29, 1.82) is 0 Å². The summed E-state index contributed by atoms with van der Waals surface area (Å²) < 4.78 is 7.03. The van der Waals surface area contributed by atoms with Gasteiger partial charge in [-0.2, -0.15) is 0 Å². The molecular weight excluding hydrogens is 334 g/mol. The first-order valence-corrected chi connectivity index (χ1v) is 23.7. The molecule has 10 heavy (non-hydrogen) atoms. The van der Waals surface area contributed by atoms with Gasteiger partial charge < -0.3 is 0 Å². The fourth-order valence-corrected chi connectivity index (χ4v) is 16.9. The van der Waals surface area contributed by atoms with Crippen molar-refractivity contribution in [1.82, 2.24) is 0 Å². The van der Waals surface area contributed by atoms with E-state index in [9.17, 15) is 0 Å². The van der Waals surface area contributed by atoms with Crippen LogP contribution in [0.4, 0.5) is 0 Å². The molecule has 0 atom stereocenters. The van der Waals surface area contributed by atoms with E-state index in [1.54, 1.807) is 0 Å². The Hall–Kier alpha value is 1.16. The quantitative estimate of drug-likeness (QED) is 0.465. The number of hydrogen-bond acceptors (Lipinski definition) is 0. The average Bonchev–Trinajstić information content (AvgIpc) is 1.57. The van der Waals surface area contributed by atoms with E-state index in [1.165, 1.54) is 0 Å². The molecule has 0 aliphatic heterocycles. The molecule has 0 unspecified atom stereocenters. The Bertz CT molecular complexity index is 140. The molecule has 2 heteroatoms. The van der Waals surface area contributed by atoms with E-state index in [2.05, 4.69) is 37.5 Å². The minimum absolute atomic E-state index is 1.73. The van der Waals surface area contributed by atoms with Gasteiger partial charge in [0.2, 0.25) is 0 Å². The molecule has 0 aromatic heterocycles. The molecule has 0 amide bonds. The Morgan fingerprint density at radius 1 is 0.600 bits per heavy atom. The van der Waals surface area contributed by atoms with Crippen LogP contribution in [0.15, 0.2) is 0 Å². The van der Waals surface area contributed by atoms with Crippen LogP contribution in [-0.2, 0) is 0 Å². The average molecular weight is 352 g/mol. The second-order valence-electron chi connectivity index (χ2n) is 4.75. The van der Waals surface area contributed by atoms with Crippen LogP contribution in [-0.4, -0.2) is 36.8 Å². The molecule has 0 saturated heterocycles. The van der Waals surface area contributed by atoms with Gasteiger partial charge in [0.05, 0.1) is 0 Å². The van der Waals surface area contributed by atoms with Gasteiger partial charge in [0.1, 0.15) is 0 Å². The van der Waals surface area contributed by atoms with Crippen LogP contribution in [0.25, 0.3) is 0 Å². The predicted molar refractivity (Wildman–Crippen MR) is 54.5 cm³/mol. The van der Waals surface area contributed by atoms with E-state index in [0.717, 1.165) is 0 Å². The zero-order chi connectivity index (χ0) is 8.41. The SMILES string of the molecule is [CH3][Sn]([CH3])([CH3])[C]#[C][Sn]([CH3])([CH3])[CH3]. The van der Waals surface area contributed by atoms with Crippen molar-refractivity contribution >= 4 is 36.8 Å². The Balaban J connectivity index is 4.19. The Kier molecular flexibility index (Phi) is 4.14. The van der Waals surface area contributed by atoms with Crippen molar-refractivity contribution in [2.75, 3.05) is 0 Å². The van der Waals surface area contributed by atoms with Gasteiger partial charge >= 0.3 is 74.3 Å². The Morgan fingerprint density at radius 2 is 0.800 bits per heavy atom. The topological polar surface area (TPSA) is 0 Å². The molecule has 0 fully saturated rings. The fourth-order valence-electron chi connectivity index (χ4n) is 0.375. The van der Waals surface area contributed by atoms with Crippen molar-refractivity contribution < 1.29 is 0 Å². The number of hydrogen-bond donors (Lipinski definition) is 0. The van der Waals surface area contributed by atoms with Gasteiger partial charge in [-0.3, -0.25) is 0 Å². The van der Waals surface area contributed by atoms with Crippen molar-refractivity contribution in [2.24, 2.45) is 0 Å². The van der Waals surface area contributed by atoms with E-state index in [4.69, 9.17) is 0 Å². The third-order valence-electron chi connectivity index (χ3n) is 0.812. The van der Waals surface area contributed by atoms with Gasteiger partial charge in [0.15, 0.2) is 0 Å². The summed E-state index contributed by atoms with van der Waals surface area (Å²) in [6, 6.07) is 0. The van der Waals surface area contributed by atoms with Crippen molar-refractivity contribution in [3.8, 4) is 7.87 Å². The molecule has 0 heterocycles. The summed E-state index contributed by atoms with van der Waals surface area (Å²) in [4.78, 5) is 14.2. The van der Waals surface area contributed by atoms with Crippen molar-refractivity contribution in [3.63, 3.8) is 0 Å². The molecule has 0 aromatic rings. The molecular formula is C8H18Sn2. The van der Waals surface area contributed by atoms with Crippen LogP contribution >= 0.6 is 0 Å². The van der Waals surface area contributed by atoms with E-state index in [0.29, 0.717) is 0 Å². The predicted octanol–water partition coefficient (Wildman–Crippen LogP) is 2.74. The third kappa shape index (κ3) is 9.16. The summed E-state index contributed by atoms with van der Waals surface area (Å²) in [6.45, 7) is 0. The van der Waals surface area contributed by atoms with E-state index in [1.807, 2.05) is 0 Å². The summed E-state index contributed by atoms with van der Waals surface area (Å²) in [5, 5.41) is 0. The first kappa shape index (κ1) is 11.2. The molecule has 0 saturated carbocycles. The van der Waals surface area contributed by atoms with Gasteiger partial charge in [-0.25, -0.2) is 0 Å². The van der Waals surface area contributed by atoms with E-state index in [-0.39, 0.29) is 0 Å². The summed E-state index contributed by atoms with van der Waals surface area (Å²) in [6.07, 6.45) is 0. The van der Waals surface area contributed by atoms with Crippen LogP contribution in [0.1, 0.15) is 0 Å². The van der Waals surface area contributed by atoms with Gasteiger partial charge in [0, 0.05) is 0 Å². The molecule has 0 radical (unpaired) electrons. The molecule has 58 valence electrons. The van der Waals surface area contributed by atoms with Crippen LogP contribution in [0.5, 0.6) is 0 Å². The van der Waals surface area contributed by atoms with Crippen LogP contribution in [0.3, 0.4) is 0 Å².